The highest BCUT2D eigenvalue weighted by atomic mass is 19.4. The van der Waals surface area contributed by atoms with Crippen molar-refractivity contribution < 1.29 is 13.2 Å². The SMILES string of the molecule is N=C1c2ccccc2CN1CC(F)(F)F. The Morgan fingerprint density at radius 1 is 1.27 bits per heavy atom. The largest absolute Gasteiger partial charge is 0.405 e. The van der Waals surface area contributed by atoms with Gasteiger partial charge < -0.3 is 4.90 Å². The third-order valence-electron chi connectivity index (χ3n) is 2.32. The Labute approximate surface area is 84.8 Å². The zero-order chi connectivity index (χ0) is 11.1. The fourth-order valence-corrected chi connectivity index (χ4v) is 1.70. The summed E-state index contributed by atoms with van der Waals surface area (Å²) in [6, 6.07) is 6.92. The first-order valence-corrected chi connectivity index (χ1v) is 4.46. The number of nitrogens with zero attached hydrogens (tertiary/aromatic N) is 1. The first kappa shape index (κ1) is 10.0. The minimum Gasteiger partial charge on any atom is -0.343 e. The van der Waals surface area contributed by atoms with Crippen LogP contribution in [0, 0.1) is 5.41 Å². The Morgan fingerprint density at radius 2 is 1.93 bits per heavy atom. The molecule has 0 atom stereocenters. The van der Waals surface area contributed by atoms with Gasteiger partial charge in [0, 0.05) is 12.1 Å². The summed E-state index contributed by atoms with van der Waals surface area (Å²) in [6.45, 7) is -0.880. The van der Waals surface area contributed by atoms with Crippen LogP contribution in [-0.4, -0.2) is 23.5 Å². The molecule has 0 aromatic heterocycles. The van der Waals surface area contributed by atoms with Crippen LogP contribution in [0.3, 0.4) is 0 Å². The third kappa shape index (κ3) is 1.95. The normalized spacial score (nSPS) is 15.7. The van der Waals surface area contributed by atoms with Gasteiger partial charge in [0.2, 0.25) is 0 Å². The van der Waals surface area contributed by atoms with Gasteiger partial charge in [-0.25, -0.2) is 0 Å². The second-order valence-corrected chi connectivity index (χ2v) is 3.48. The Kier molecular flexibility index (Phi) is 2.17. The van der Waals surface area contributed by atoms with E-state index in [0.717, 1.165) is 10.5 Å². The molecule has 0 amide bonds. The van der Waals surface area contributed by atoms with Gasteiger partial charge in [-0.05, 0) is 5.56 Å². The van der Waals surface area contributed by atoms with Gasteiger partial charge in [-0.15, -0.1) is 0 Å². The van der Waals surface area contributed by atoms with Crippen LogP contribution in [0.2, 0.25) is 0 Å². The molecule has 0 fully saturated rings. The lowest BCUT2D eigenvalue weighted by atomic mass is 10.1. The molecule has 0 unspecified atom stereocenters. The van der Waals surface area contributed by atoms with Gasteiger partial charge in [0.05, 0.1) is 0 Å². The quantitative estimate of drug-likeness (QED) is 0.763. The summed E-state index contributed by atoms with van der Waals surface area (Å²) >= 11 is 0. The summed E-state index contributed by atoms with van der Waals surface area (Å²) in [7, 11) is 0. The number of hydrogen-bond donors (Lipinski definition) is 1. The topological polar surface area (TPSA) is 27.1 Å². The summed E-state index contributed by atoms with van der Waals surface area (Å²) in [6.07, 6.45) is -4.26. The van der Waals surface area contributed by atoms with Gasteiger partial charge in [-0.3, -0.25) is 5.41 Å². The van der Waals surface area contributed by atoms with Gasteiger partial charge in [0.15, 0.2) is 0 Å². The number of benzene rings is 1. The highest BCUT2D eigenvalue weighted by Gasteiger charge is 2.35. The molecule has 1 aromatic rings. The molecular weight excluding hydrogens is 205 g/mol. The lowest BCUT2D eigenvalue weighted by Crippen LogP contribution is -2.34. The van der Waals surface area contributed by atoms with Crippen LogP contribution in [-0.2, 0) is 6.54 Å². The van der Waals surface area contributed by atoms with Crippen molar-refractivity contribution in [1.82, 2.24) is 4.90 Å². The number of nitrogens with one attached hydrogen (secondary N) is 1. The van der Waals surface area contributed by atoms with Crippen molar-refractivity contribution in [3.8, 4) is 0 Å². The maximum atomic E-state index is 12.2. The lowest BCUT2D eigenvalue weighted by molar-refractivity contribution is -0.138. The van der Waals surface area contributed by atoms with E-state index in [-0.39, 0.29) is 12.4 Å². The minimum atomic E-state index is -4.26. The molecule has 0 bridgehead atoms. The fraction of sp³-hybridized carbons (Fsp3) is 0.300. The highest BCUT2D eigenvalue weighted by Crippen LogP contribution is 2.26. The van der Waals surface area contributed by atoms with Crippen LogP contribution in [0.25, 0.3) is 0 Å². The predicted octanol–water partition coefficient (Wildman–Crippen LogP) is 2.39. The molecule has 1 aliphatic rings. The molecule has 2 rings (SSSR count). The Bertz CT molecular complexity index is 398. The molecule has 0 saturated carbocycles. The Hall–Kier alpha value is -1.52. The third-order valence-corrected chi connectivity index (χ3v) is 2.32. The first-order valence-electron chi connectivity index (χ1n) is 4.46. The van der Waals surface area contributed by atoms with E-state index in [4.69, 9.17) is 5.41 Å². The average molecular weight is 214 g/mol. The van der Waals surface area contributed by atoms with Crippen molar-refractivity contribution in [3.63, 3.8) is 0 Å². The number of rotatable bonds is 1. The highest BCUT2D eigenvalue weighted by molar-refractivity contribution is 6.00. The molecule has 0 saturated heterocycles. The molecule has 0 aliphatic carbocycles. The molecule has 0 spiro atoms. The van der Waals surface area contributed by atoms with Gasteiger partial charge in [0.25, 0.3) is 0 Å². The van der Waals surface area contributed by atoms with E-state index in [1.165, 1.54) is 0 Å². The fourth-order valence-electron chi connectivity index (χ4n) is 1.70. The van der Waals surface area contributed by atoms with Crippen LogP contribution in [0.4, 0.5) is 13.2 Å². The molecule has 1 aliphatic heterocycles. The van der Waals surface area contributed by atoms with Crippen LogP contribution in [0.15, 0.2) is 24.3 Å². The van der Waals surface area contributed by atoms with E-state index < -0.39 is 12.7 Å². The van der Waals surface area contributed by atoms with Crippen LogP contribution >= 0.6 is 0 Å². The van der Waals surface area contributed by atoms with Crippen molar-refractivity contribution >= 4 is 5.84 Å². The summed E-state index contributed by atoms with van der Waals surface area (Å²) in [4.78, 5) is 1.03. The molecule has 5 heteroatoms. The standard InChI is InChI=1S/C10H9F3N2/c11-10(12,13)6-15-5-7-3-1-2-4-8(7)9(15)14/h1-4,14H,5-6H2. The molecule has 1 N–H and O–H groups in total. The molecule has 1 heterocycles. The summed E-state index contributed by atoms with van der Waals surface area (Å²) in [5, 5.41) is 7.59. The number of hydrogen-bond acceptors (Lipinski definition) is 1. The molecular formula is C10H9F3N2. The van der Waals surface area contributed by atoms with E-state index in [0.29, 0.717) is 5.56 Å². The second kappa shape index (κ2) is 3.25. The smallest absolute Gasteiger partial charge is 0.343 e. The first-order chi connectivity index (χ1) is 6.97. The number of amidine groups is 1. The van der Waals surface area contributed by atoms with Crippen LogP contribution in [0.1, 0.15) is 11.1 Å². The second-order valence-electron chi connectivity index (χ2n) is 3.48. The van der Waals surface area contributed by atoms with Gasteiger partial charge in [-0.2, -0.15) is 13.2 Å². The van der Waals surface area contributed by atoms with Crippen molar-refractivity contribution in [2.24, 2.45) is 0 Å². The maximum absolute atomic E-state index is 12.2. The number of halogens is 3. The Morgan fingerprint density at radius 3 is 2.53 bits per heavy atom. The molecule has 0 radical (unpaired) electrons. The van der Waals surface area contributed by atoms with E-state index in [9.17, 15) is 13.2 Å². The molecule has 1 aromatic carbocycles. The average Bonchev–Trinajstić information content (AvgIpc) is 2.42. The van der Waals surface area contributed by atoms with E-state index >= 15 is 0 Å². The summed E-state index contributed by atoms with van der Waals surface area (Å²) in [5.41, 5.74) is 1.38. The lowest BCUT2D eigenvalue weighted by Gasteiger charge is -2.19. The molecule has 2 nitrogen and oxygen atoms in total. The zero-order valence-corrected chi connectivity index (χ0v) is 7.80. The minimum absolute atomic E-state index is 0.0390. The van der Waals surface area contributed by atoms with E-state index in [2.05, 4.69) is 0 Å². The summed E-state index contributed by atoms with van der Waals surface area (Å²) in [5.74, 6) is -0.0390. The Balaban J connectivity index is 2.21. The van der Waals surface area contributed by atoms with Gasteiger partial charge in [0.1, 0.15) is 12.4 Å². The van der Waals surface area contributed by atoms with Crippen LogP contribution in [0.5, 0.6) is 0 Å². The number of alkyl halides is 3. The predicted molar refractivity (Wildman–Crippen MR) is 49.7 cm³/mol. The van der Waals surface area contributed by atoms with Crippen molar-refractivity contribution in [3.05, 3.63) is 35.4 Å². The number of fused-ring (bicyclic) bond motifs is 1. The molecule has 15 heavy (non-hydrogen) atoms. The van der Waals surface area contributed by atoms with E-state index in [1.54, 1.807) is 24.3 Å². The van der Waals surface area contributed by atoms with Gasteiger partial charge in [-0.1, -0.05) is 24.3 Å². The monoisotopic (exact) mass is 214 g/mol. The van der Waals surface area contributed by atoms with Gasteiger partial charge >= 0.3 is 6.18 Å². The zero-order valence-electron chi connectivity index (χ0n) is 7.80. The van der Waals surface area contributed by atoms with Crippen molar-refractivity contribution in [2.45, 2.75) is 12.7 Å². The molecule has 80 valence electrons. The van der Waals surface area contributed by atoms with Crippen molar-refractivity contribution in [1.29, 1.82) is 5.41 Å². The van der Waals surface area contributed by atoms with E-state index in [1.807, 2.05) is 0 Å². The summed E-state index contributed by atoms with van der Waals surface area (Å²) < 4.78 is 36.5. The van der Waals surface area contributed by atoms with Crippen molar-refractivity contribution in [2.75, 3.05) is 6.54 Å². The maximum Gasteiger partial charge on any atom is 0.405 e. The van der Waals surface area contributed by atoms with Crippen LogP contribution < -0.4 is 0 Å².